The van der Waals surface area contributed by atoms with Gasteiger partial charge in [0.25, 0.3) is 0 Å². The summed E-state index contributed by atoms with van der Waals surface area (Å²) >= 11 is 0. The van der Waals surface area contributed by atoms with Crippen LogP contribution in [0.25, 0.3) is 0 Å². The van der Waals surface area contributed by atoms with Gasteiger partial charge in [0, 0.05) is 6.54 Å². The van der Waals surface area contributed by atoms with Crippen LogP contribution >= 0.6 is 0 Å². The lowest BCUT2D eigenvalue weighted by molar-refractivity contribution is -0.882. The van der Waals surface area contributed by atoms with Gasteiger partial charge in [-0.05, 0) is 0 Å². The van der Waals surface area contributed by atoms with E-state index in [1.54, 1.807) is 0 Å². The fourth-order valence-electron chi connectivity index (χ4n) is 1.35. The first-order chi connectivity index (χ1) is 4.14. The highest BCUT2D eigenvalue weighted by atomic mass is 15.5. The van der Waals surface area contributed by atoms with Gasteiger partial charge in [0.05, 0.1) is 27.2 Å². The lowest BCUT2D eigenvalue weighted by Crippen LogP contribution is -2.38. The summed E-state index contributed by atoms with van der Waals surface area (Å²) in [5, 5.41) is 0. The number of likely N-dealkylation sites (N-methyl/N-ethyl adjacent to an activating group) is 2. The number of hydrogen-bond acceptors (Lipinski definition) is 1. The third-order valence-corrected chi connectivity index (χ3v) is 2.05. The number of nitrogens with zero attached hydrogens (tertiary/aromatic N) is 2. The molecule has 0 aliphatic carbocycles. The van der Waals surface area contributed by atoms with E-state index in [-0.39, 0.29) is 0 Å². The van der Waals surface area contributed by atoms with Crippen LogP contribution in [0.15, 0.2) is 0 Å². The summed E-state index contributed by atoms with van der Waals surface area (Å²) in [5.74, 6) is 0. The van der Waals surface area contributed by atoms with Crippen LogP contribution in [0.5, 0.6) is 0 Å². The molecule has 0 spiro atoms. The first-order valence-electron chi connectivity index (χ1n) is 3.68. The van der Waals surface area contributed by atoms with Crippen molar-refractivity contribution in [3.8, 4) is 0 Å². The van der Waals surface area contributed by atoms with E-state index in [4.69, 9.17) is 0 Å². The molecule has 0 aromatic carbocycles. The summed E-state index contributed by atoms with van der Waals surface area (Å²) in [6, 6.07) is 0. The summed E-state index contributed by atoms with van der Waals surface area (Å²) in [4.78, 5) is 2.49. The molecule has 0 radical (unpaired) electrons. The molecule has 0 aromatic rings. The van der Waals surface area contributed by atoms with Crippen LogP contribution in [-0.4, -0.2) is 49.8 Å². The highest BCUT2D eigenvalue weighted by molar-refractivity contribution is 4.55. The maximum atomic E-state index is 2.49. The quantitative estimate of drug-likeness (QED) is 0.462. The molecule has 1 fully saturated rings. The molecular formula is C7H17N2+. The van der Waals surface area contributed by atoms with Crippen molar-refractivity contribution in [3.05, 3.63) is 0 Å². The Bertz CT molecular complexity index is 99.1. The van der Waals surface area contributed by atoms with Gasteiger partial charge >= 0.3 is 0 Å². The average molecular weight is 129 g/mol. The van der Waals surface area contributed by atoms with E-state index in [0.29, 0.717) is 0 Å². The van der Waals surface area contributed by atoms with Gasteiger partial charge in [-0.1, -0.05) is 6.92 Å². The summed E-state index contributed by atoms with van der Waals surface area (Å²) in [7, 11) is 4.57. The molecule has 9 heavy (non-hydrogen) atoms. The first kappa shape index (κ1) is 7.03. The predicted molar refractivity (Wildman–Crippen MR) is 39.1 cm³/mol. The molecule has 2 heteroatoms. The van der Waals surface area contributed by atoms with Crippen LogP contribution in [0.2, 0.25) is 0 Å². The van der Waals surface area contributed by atoms with Gasteiger partial charge in [-0.25, -0.2) is 0 Å². The molecule has 0 atom stereocenters. The van der Waals surface area contributed by atoms with Gasteiger partial charge in [-0.2, -0.15) is 0 Å². The van der Waals surface area contributed by atoms with Gasteiger partial charge in [0.2, 0.25) is 0 Å². The summed E-state index contributed by atoms with van der Waals surface area (Å²) in [6.07, 6.45) is 0. The molecule has 0 saturated carbocycles. The van der Waals surface area contributed by atoms with Crippen LogP contribution in [0, 0.1) is 0 Å². The zero-order chi connectivity index (χ0) is 6.91. The summed E-state index contributed by atoms with van der Waals surface area (Å²) < 4.78 is 1.17. The third-order valence-electron chi connectivity index (χ3n) is 2.05. The standard InChI is InChI=1S/C7H17N2/c1-4-8-5-6-9(2,3)7-8/h4-7H2,1-3H3/q+1. The highest BCUT2D eigenvalue weighted by Gasteiger charge is 2.26. The molecule has 1 rings (SSSR count). The smallest absolute Gasteiger partial charge is 0.134 e. The van der Waals surface area contributed by atoms with E-state index in [1.807, 2.05) is 0 Å². The second-order valence-corrected chi connectivity index (χ2v) is 3.51. The molecule has 54 valence electrons. The Balaban J connectivity index is 2.38. The second kappa shape index (κ2) is 2.27. The number of rotatable bonds is 1. The van der Waals surface area contributed by atoms with Crippen molar-refractivity contribution < 1.29 is 4.48 Å². The van der Waals surface area contributed by atoms with Crippen molar-refractivity contribution in [1.82, 2.24) is 4.90 Å². The normalized spacial score (nSPS) is 27.0. The van der Waals surface area contributed by atoms with Crippen molar-refractivity contribution in [2.45, 2.75) is 6.92 Å². The van der Waals surface area contributed by atoms with E-state index in [2.05, 4.69) is 25.9 Å². The van der Waals surface area contributed by atoms with E-state index in [1.165, 1.54) is 30.8 Å². The Morgan fingerprint density at radius 1 is 1.44 bits per heavy atom. The van der Waals surface area contributed by atoms with Gasteiger partial charge < -0.3 is 4.48 Å². The molecule has 1 aliphatic heterocycles. The molecule has 1 aliphatic rings. The minimum Gasteiger partial charge on any atom is -0.315 e. The Morgan fingerprint density at radius 3 is 2.33 bits per heavy atom. The van der Waals surface area contributed by atoms with Crippen molar-refractivity contribution in [2.24, 2.45) is 0 Å². The minimum absolute atomic E-state index is 1.17. The van der Waals surface area contributed by atoms with Crippen LogP contribution in [0.1, 0.15) is 6.92 Å². The van der Waals surface area contributed by atoms with Crippen molar-refractivity contribution in [2.75, 3.05) is 40.4 Å². The molecule has 1 heterocycles. The van der Waals surface area contributed by atoms with E-state index in [9.17, 15) is 0 Å². The maximum Gasteiger partial charge on any atom is 0.134 e. The SMILES string of the molecule is CCN1CC[N+](C)(C)C1. The first-order valence-corrected chi connectivity index (χ1v) is 3.68. The number of hydrogen-bond donors (Lipinski definition) is 0. The fraction of sp³-hybridized carbons (Fsp3) is 1.00. The molecule has 0 unspecified atom stereocenters. The Hall–Kier alpha value is -0.0800. The molecule has 0 amide bonds. The zero-order valence-corrected chi connectivity index (χ0v) is 6.72. The molecule has 0 N–H and O–H groups in total. The minimum atomic E-state index is 1.17. The average Bonchev–Trinajstić information content (AvgIpc) is 2.10. The van der Waals surface area contributed by atoms with Crippen LogP contribution in [0.3, 0.4) is 0 Å². The Kier molecular flexibility index (Phi) is 1.78. The lowest BCUT2D eigenvalue weighted by atomic mass is 10.5. The summed E-state index contributed by atoms with van der Waals surface area (Å²) in [5.41, 5.74) is 0. The summed E-state index contributed by atoms with van der Waals surface area (Å²) in [6.45, 7) is 7.26. The van der Waals surface area contributed by atoms with Crippen molar-refractivity contribution in [1.29, 1.82) is 0 Å². The van der Waals surface area contributed by atoms with Gasteiger partial charge in [-0.15, -0.1) is 0 Å². The maximum absolute atomic E-state index is 2.49. The molecule has 2 nitrogen and oxygen atoms in total. The Labute approximate surface area is 57.7 Å². The topological polar surface area (TPSA) is 3.24 Å². The van der Waals surface area contributed by atoms with Gasteiger partial charge in [-0.3, -0.25) is 4.90 Å². The van der Waals surface area contributed by atoms with Gasteiger partial charge in [0.15, 0.2) is 0 Å². The predicted octanol–water partition coefficient (Wildman–Crippen LogP) is 0.356. The third kappa shape index (κ3) is 1.66. The second-order valence-electron chi connectivity index (χ2n) is 3.51. The van der Waals surface area contributed by atoms with E-state index < -0.39 is 0 Å². The fourth-order valence-corrected chi connectivity index (χ4v) is 1.35. The molecule has 0 bridgehead atoms. The zero-order valence-electron chi connectivity index (χ0n) is 6.72. The van der Waals surface area contributed by atoms with Crippen molar-refractivity contribution in [3.63, 3.8) is 0 Å². The van der Waals surface area contributed by atoms with Crippen LogP contribution < -0.4 is 0 Å². The van der Waals surface area contributed by atoms with Crippen molar-refractivity contribution >= 4 is 0 Å². The van der Waals surface area contributed by atoms with E-state index in [0.717, 1.165) is 0 Å². The molecule has 1 saturated heterocycles. The highest BCUT2D eigenvalue weighted by Crippen LogP contribution is 2.08. The number of quaternary nitrogens is 1. The monoisotopic (exact) mass is 129 g/mol. The van der Waals surface area contributed by atoms with Crippen LogP contribution in [-0.2, 0) is 0 Å². The van der Waals surface area contributed by atoms with E-state index >= 15 is 0 Å². The largest absolute Gasteiger partial charge is 0.315 e. The van der Waals surface area contributed by atoms with Gasteiger partial charge in [0.1, 0.15) is 6.67 Å². The molecular weight excluding hydrogens is 112 g/mol. The molecule has 0 aromatic heterocycles. The lowest BCUT2D eigenvalue weighted by Gasteiger charge is -2.22. The van der Waals surface area contributed by atoms with Crippen LogP contribution in [0.4, 0.5) is 0 Å². The Morgan fingerprint density at radius 2 is 2.11 bits per heavy atom.